The number of nitrogens with zero attached hydrogens (tertiary/aromatic N) is 2. The van der Waals surface area contributed by atoms with Crippen molar-refractivity contribution in [1.29, 1.82) is 0 Å². The number of amides is 2. The third kappa shape index (κ3) is 1.61. The van der Waals surface area contributed by atoms with Gasteiger partial charge in [0.05, 0.1) is 11.2 Å². The van der Waals surface area contributed by atoms with Crippen LogP contribution in [0.5, 0.6) is 11.5 Å². The molecule has 1 spiro atoms. The van der Waals surface area contributed by atoms with Gasteiger partial charge in [0.15, 0.2) is 11.5 Å². The number of rotatable bonds is 1. The van der Waals surface area contributed by atoms with Crippen molar-refractivity contribution < 1.29 is 14.3 Å². The monoisotopic (exact) mass is 273 g/mol. The topological polar surface area (TPSA) is 63.2 Å². The van der Waals surface area contributed by atoms with Gasteiger partial charge in [-0.3, -0.25) is 4.90 Å². The largest absolute Gasteiger partial charge is 0.454 e. The fourth-order valence-electron chi connectivity index (χ4n) is 3.09. The van der Waals surface area contributed by atoms with Crippen molar-refractivity contribution in [3.8, 4) is 11.5 Å². The zero-order chi connectivity index (χ0) is 13.6. The first kappa shape index (κ1) is 11.7. The molecule has 0 radical (unpaired) electrons. The van der Waals surface area contributed by atoms with Crippen molar-refractivity contribution in [2.45, 2.75) is 18.4 Å². The molecule has 6 heteroatoms. The van der Waals surface area contributed by atoms with E-state index in [1.165, 1.54) is 0 Å². The zero-order valence-corrected chi connectivity index (χ0v) is 11.0. The molecule has 104 valence electrons. The highest BCUT2D eigenvalue weighted by Gasteiger charge is 2.44. The van der Waals surface area contributed by atoms with E-state index in [2.05, 4.69) is 10.3 Å². The quantitative estimate of drug-likeness (QED) is 0.843. The molecule has 3 aliphatic heterocycles. The van der Waals surface area contributed by atoms with Crippen LogP contribution >= 0.6 is 0 Å². The van der Waals surface area contributed by atoms with E-state index in [1.54, 1.807) is 11.1 Å². The first-order valence-corrected chi connectivity index (χ1v) is 6.78. The molecule has 3 heterocycles. The third-order valence-corrected chi connectivity index (χ3v) is 4.14. The molecule has 2 amide bonds. The summed E-state index contributed by atoms with van der Waals surface area (Å²) in [6.07, 6.45) is 3.55. The summed E-state index contributed by atoms with van der Waals surface area (Å²) in [6, 6.07) is 5.39. The number of carbonyl (C=O) groups excluding carboxylic acids is 1. The molecular weight excluding hydrogens is 258 g/mol. The predicted octanol–water partition coefficient (Wildman–Crippen LogP) is 1.55. The Hall–Kier alpha value is -2.08. The van der Waals surface area contributed by atoms with Crippen LogP contribution in [0.15, 0.2) is 23.2 Å². The molecule has 0 aliphatic carbocycles. The number of nitrogens with one attached hydrogen (secondary N) is 1. The van der Waals surface area contributed by atoms with Crippen molar-refractivity contribution in [2.24, 2.45) is 4.99 Å². The summed E-state index contributed by atoms with van der Waals surface area (Å²) in [4.78, 5) is 18.0. The second kappa shape index (κ2) is 4.21. The number of hydrogen-bond donors (Lipinski definition) is 1. The van der Waals surface area contributed by atoms with E-state index in [0.29, 0.717) is 5.75 Å². The van der Waals surface area contributed by atoms with Gasteiger partial charge in [0, 0.05) is 12.3 Å². The minimum Gasteiger partial charge on any atom is -0.454 e. The molecule has 0 saturated carbocycles. The maximum absolute atomic E-state index is 12.2. The van der Waals surface area contributed by atoms with Gasteiger partial charge in [-0.05, 0) is 38.1 Å². The molecule has 0 bridgehead atoms. The minimum absolute atomic E-state index is 0.203. The number of aliphatic imine (C=N–C) groups is 1. The molecule has 6 nitrogen and oxygen atoms in total. The van der Waals surface area contributed by atoms with Crippen LogP contribution in [0.25, 0.3) is 0 Å². The zero-order valence-electron chi connectivity index (χ0n) is 11.0. The third-order valence-electron chi connectivity index (χ3n) is 4.14. The lowest BCUT2D eigenvalue weighted by Gasteiger charge is -2.39. The molecule has 3 aliphatic rings. The lowest BCUT2D eigenvalue weighted by molar-refractivity contribution is 0.174. The molecule has 0 atom stereocenters. The van der Waals surface area contributed by atoms with Gasteiger partial charge in [0.25, 0.3) is 0 Å². The van der Waals surface area contributed by atoms with Crippen LogP contribution in [0.1, 0.15) is 12.8 Å². The van der Waals surface area contributed by atoms with Crippen LogP contribution in [0, 0.1) is 0 Å². The predicted molar refractivity (Wildman–Crippen MR) is 73.8 cm³/mol. The Morgan fingerprint density at radius 1 is 1.20 bits per heavy atom. The van der Waals surface area contributed by atoms with Gasteiger partial charge in [0.1, 0.15) is 0 Å². The van der Waals surface area contributed by atoms with Gasteiger partial charge < -0.3 is 14.8 Å². The van der Waals surface area contributed by atoms with Gasteiger partial charge in [-0.25, -0.2) is 9.79 Å². The highest BCUT2D eigenvalue weighted by Crippen LogP contribution is 2.40. The number of piperidine rings is 1. The van der Waals surface area contributed by atoms with E-state index in [0.717, 1.165) is 37.4 Å². The van der Waals surface area contributed by atoms with Crippen LogP contribution in [0.4, 0.5) is 10.5 Å². The summed E-state index contributed by atoms with van der Waals surface area (Å²) in [5.74, 6) is 1.41. The van der Waals surface area contributed by atoms with Crippen molar-refractivity contribution in [3.05, 3.63) is 18.2 Å². The molecular formula is C14H15N3O3. The molecule has 0 aromatic heterocycles. The average Bonchev–Trinajstić information content (AvgIpc) is 3.05. The Morgan fingerprint density at radius 2 is 2.00 bits per heavy atom. The summed E-state index contributed by atoms with van der Waals surface area (Å²) in [7, 11) is 0. The molecule has 0 unspecified atom stereocenters. The Morgan fingerprint density at radius 3 is 2.85 bits per heavy atom. The van der Waals surface area contributed by atoms with Gasteiger partial charge in [-0.15, -0.1) is 0 Å². The van der Waals surface area contributed by atoms with Gasteiger partial charge >= 0.3 is 6.03 Å². The fourth-order valence-corrected chi connectivity index (χ4v) is 3.09. The van der Waals surface area contributed by atoms with Crippen molar-refractivity contribution >= 4 is 17.9 Å². The Kier molecular flexibility index (Phi) is 2.47. The van der Waals surface area contributed by atoms with E-state index in [-0.39, 0.29) is 18.4 Å². The number of urea groups is 1. The highest BCUT2D eigenvalue weighted by molar-refractivity contribution is 6.09. The molecule has 20 heavy (non-hydrogen) atoms. The SMILES string of the molecule is O=C1N=CC2(CCNCC2)N1c1ccc2c(c1)OCO2. The average molecular weight is 273 g/mol. The summed E-state index contributed by atoms with van der Waals surface area (Å²) < 4.78 is 10.7. The first-order chi connectivity index (χ1) is 9.78. The molecule has 1 fully saturated rings. The van der Waals surface area contributed by atoms with Crippen LogP contribution in [-0.2, 0) is 0 Å². The lowest BCUT2D eigenvalue weighted by atomic mass is 9.88. The van der Waals surface area contributed by atoms with E-state index in [9.17, 15) is 4.79 Å². The Labute approximate surface area is 116 Å². The summed E-state index contributed by atoms with van der Waals surface area (Å²) in [6.45, 7) is 2.01. The van der Waals surface area contributed by atoms with Crippen molar-refractivity contribution in [3.63, 3.8) is 0 Å². The standard InChI is InChI=1S/C14H15N3O3/c18-13-16-8-14(3-5-15-6-4-14)17(13)10-1-2-11-12(7-10)20-9-19-11/h1-2,7-8,15H,3-6,9H2. The minimum atomic E-state index is -0.296. The Balaban J connectivity index is 1.74. The normalized spacial score (nSPS) is 22.8. The number of fused-ring (bicyclic) bond motifs is 1. The maximum atomic E-state index is 12.2. The van der Waals surface area contributed by atoms with Crippen LogP contribution < -0.4 is 19.7 Å². The van der Waals surface area contributed by atoms with Crippen LogP contribution in [0.3, 0.4) is 0 Å². The molecule has 1 N–H and O–H groups in total. The number of hydrogen-bond acceptors (Lipinski definition) is 4. The first-order valence-electron chi connectivity index (χ1n) is 6.78. The van der Waals surface area contributed by atoms with E-state index < -0.39 is 0 Å². The summed E-state index contributed by atoms with van der Waals surface area (Å²) in [5.41, 5.74) is 0.523. The maximum Gasteiger partial charge on any atom is 0.348 e. The number of anilines is 1. The smallest absolute Gasteiger partial charge is 0.348 e. The van der Waals surface area contributed by atoms with E-state index in [4.69, 9.17) is 9.47 Å². The Bertz CT molecular complexity index is 593. The highest BCUT2D eigenvalue weighted by atomic mass is 16.7. The van der Waals surface area contributed by atoms with Crippen LogP contribution in [-0.4, -0.2) is 37.7 Å². The molecule has 1 aromatic rings. The fraction of sp³-hybridized carbons (Fsp3) is 0.429. The summed E-state index contributed by atoms with van der Waals surface area (Å²) in [5, 5.41) is 3.32. The second-order valence-electron chi connectivity index (χ2n) is 5.27. The summed E-state index contributed by atoms with van der Waals surface area (Å²) >= 11 is 0. The van der Waals surface area contributed by atoms with Crippen LogP contribution in [0.2, 0.25) is 0 Å². The molecule has 4 rings (SSSR count). The number of benzene rings is 1. The second-order valence-corrected chi connectivity index (χ2v) is 5.27. The molecule has 1 aromatic carbocycles. The number of carbonyl (C=O) groups is 1. The van der Waals surface area contributed by atoms with Crippen molar-refractivity contribution in [1.82, 2.24) is 5.32 Å². The molecule has 1 saturated heterocycles. The number of ether oxygens (including phenoxy) is 2. The van der Waals surface area contributed by atoms with E-state index >= 15 is 0 Å². The van der Waals surface area contributed by atoms with Gasteiger partial charge in [-0.2, -0.15) is 0 Å². The van der Waals surface area contributed by atoms with Gasteiger partial charge in [-0.1, -0.05) is 0 Å². The van der Waals surface area contributed by atoms with E-state index in [1.807, 2.05) is 18.2 Å². The van der Waals surface area contributed by atoms with Gasteiger partial charge in [0.2, 0.25) is 6.79 Å². The van der Waals surface area contributed by atoms with Crippen molar-refractivity contribution in [2.75, 3.05) is 24.8 Å². The lowest BCUT2D eigenvalue weighted by Crippen LogP contribution is -2.54.